The molecule has 4 nitrogen and oxygen atoms in total. The van der Waals surface area contributed by atoms with Crippen molar-refractivity contribution in [3.8, 4) is 6.07 Å². The number of urea groups is 1. The average molecular weight is 307 g/mol. The van der Waals surface area contributed by atoms with E-state index in [0.717, 1.165) is 12.0 Å². The van der Waals surface area contributed by atoms with E-state index in [-0.39, 0.29) is 6.03 Å². The molecule has 2 aromatic carbocycles. The maximum atomic E-state index is 12.1. The number of aryl methyl sites for hydroxylation is 1. The summed E-state index contributed by atoms with van der Waals surface area (Å²) in [7, 11) is 1.76. The molecule has 118 valence electrons. The van der Waals surface area contributed by atoms with E-state index in [4.69, 9.17) is 5.26 Å². The number of nitrogens with zero attached hydrogens (tertiary/aromatic N) is 2. The van der Waals surface area contributed by atoms with Crippen LogP contribution in [0.4, 0.5) is 4.79 Å². The van der Waals surface area contributed by atoms with E-state index >= 15 is 0 Å². The van der Waals surface area contributed by atoms with Crippen molar-refractivity contribution in [1.29, 1.82) is 5.26 Å². The second kappa shape index (κ2) is 8.00. The van der Waals surface area contributed by atoms with Gasteiger partial charge in [-0.25, -0.2) is 4.79 Å². The third-order valence-electron chi connectivity index (χ3n) is 3.62. The Morgan fingerprint density at radius 1 is 1.17 bits per heavy atom. The van der Waals surface area contributed by atoms with Crippen LogP contribution in [0.1, 0.15) is 22.3 Å². The Hall–Kier alpha value is -2.80. The number of hydrogen-bond acceptors (Lipinski definition) is 2. The highest BCUT2D eigenvalue weighted by atomic mass is 16.2. The van der Waals surface area contributed by atoms with Gasteiger partial charge in [-0.15, -0.1) is 0 Å². The Labute approximate surface area is 137 Å². The smallest absolute Gasteiger partial charge is 0.317 e. The highest BCUT2D eigenvalue weighted by molar-refractivity contribution is 5.73. The first-order valence-corrected chi connectivity index (χ1v) is 7.62. The minimum absolute atomic E-state index is 0.0954. The minimum atomic E-state index is -0.0954. The Balaban J connectivity index is 1.79. The summed E-state index contributed by atoms with van der Waals surface area (Å²) in [4.78, 5) is 13.7. The average Bonchev–Trinajstić information content (AvgIpc) is 2.55. The van der Waals surface area contributed by atoms with E-state index in [1.54, 1.807) is 24.1 Å². The van der Waals surface area contributed by atoms with Gasteiger partial charge in [0.2, 0.25) is 0 Å². The van der Waals surface area contributed by atoms with E-state index in [0.29, 0.717) is 18.7 Å². The molecule has 23 heavy (non-hydrogen) atoms. The van der Waals surface area contributed by atoms with E-state index < -0.39 is 0 Å². The zero-order chi connectivity index (χ0) is 16.7. The molecule has 0 atom stereocenters. The summed E-state index contributed by atoms with van der Waals surface area (Å²) in [5.41, 5.74) is 4.08. The van der Waals surface area contributed by atoms with Crippen LogP contribution in [-0.2, 0) is 13.0 Å². The summed E-state index contributed by atoms with van der Waals surface area (Å²) in [5, 5.41) is 11.7. The number of nitrogens with one attached hydrogen (secondary N) is 1. The molecular weight excluding hydrogens is 286 g/mol. The molecule has 4 heteroatoms. The molecule has 0 aliphatic heterocycles. The largest absolute Gasteiger partial charge is 0.338 e. The summed E-state index contributed by atoms with van der Waals surface area (Å²) >= 11 is 0. The van der Waals surface area contributed by atoms with Gasteiger partial charge in [0.25, 0.3) is 0 Å². The predicted molar refractivity (Wildman–Crippen MR) is 90.9 cm³/mol. The Morgan fingerprint density at radius 3 is 2.57 bits per heavy atom. The number of rotatable bonds is 5. The monoisotopic (exact) mass is 307 g/mol. The van der Waals surface area contributed by atoms with Crippen LogP contribution < -0.4 is 5.32 Å². The van der Waals surface area contributed by atoms with E-state index in [2.05, 4.69) is 36.5 Å². The molecule has 0 aliphatic rings. The van der Waals surface area contributed by atoms with Crippen LogP contribution in [0.3, 0.4) is 0 Å². The van der Waals surface area contributed by atoms with Gasteiger partial charge in [0.05, 0.1) is 11.6 Å². The van der Waals surface area contributed by atoms with Crippen LogP contribution >= 0.6 is 0 Å². The number of hydrogen-bond donors (Lipinski definition) is 1. The molecular formula is C19H21N3O. The molecule has 2 rings (SSSR count). The van der Waals surface area contributed by atoms with Crippen molar-refractivity contribution < 1.29 is 4.79 Å². The lowest BCUT2D eigenvalue weighted by atomic mass is 10.1. The van der Waals surface area contributed by atoms with Gasteiger partial charge < -0.3 is 10.2 Å². The lowest BCUT2D eigenvalue weighted by Gasteiger charge is -2.18. The molecule has 1 N–H and O–H groups in total. The molecule has 0 unspecified atom stereocenters. The Kier molecular flexibility index (Phi) is 5.76. The molecule has 0 bridgehead atoms. The standard InChI is InChI=1S/C19H21N3O/c1-15-4-3-5-16(12-15)10-11-21-19(23)22(2)14-18-8-6-17(13-20)7-9-18/h3-9,12H,10-11,14H2,1-2H3,(H,21,23). The summed E-state index contributed by atoms with van der Waals surface area (Å²) < 4.78 is 0. The summed E-state index contributed by atoms with van der Waals surface area (Å²) in [6, 6.07) is 17.5. The molecule has 0 spiro atoms. The van der Waals surface area contributed by atoms with Crippen LogP contribution in [-0.4, -0.2) is 24.5 Å². The maximum absolute atomic E-state index is 12.1. The first-order valence-electron chi connectivity index (χ1n) is 7.62. The van der Waals surface area contributed by atoms with Crippen molar-refractivity contribution >= 4 is 6.03 Å². The van der Waals surface area contributed by atoms with Gasteiger partial charge >= 0.3 is 6.03 Å². The number of amides is 2. The number of nitriles is 1. The van der Waals surface area contributed by atoms with E-state index in [1.165, 1.54) is 11.1 Å². The molecule has 0 saturated heterocycles. The van der Waals surface area contributed by atoms with Crippen molar-refractivity contribution in [3.05, 3.63) is 70.8 Å². The van der Waals surface area contributed by atoms with Gasteiger partial charge in [-0.05, 0) is 36.6 Å². The predicted octanol–water partition coefficient (Wildman–Crippen LogP) is 3.25. The van der Waals surface area contributed by atoms with Crippen LogP contribution in [0.25, 0.3) is 0 Å². The second-order valence-electron chi connectivity index (χ2n) is 5.64. The van der Waals surface area contributed by atoms with Crippen LogP contribution in [0.2, 0.25) is 0 Å². The van der Waals surface area contributed by atoms with Gasteiger partial charge in [0.15, 0.2) is 0 Å². The van der Waals surface area contributed by atoms with E-state index in [1.807, 2.05) is 18.2 Å². The highest BCUT2D eigenvalue weighted by Crippen LogP contribution is 2.07. The Morgan fingerprint density at radius 2 is 1.91 bits per heavy atom. The summed E-state index contributed by atoms with van der Waals surface area (Å²) in [6.45, 7) is 3.19. The summed E-state index contributed by atoms with van der Waals surface area (Å²) in [6.07, 6.45) is 0.818. The van der Waals surface area contributed by atoms with Crippen LogP contribution in [0, 0.1) is 18.3 Å². The molecule has 0 aromatic heterocycles. The SMILES string of the molecule is Cc1cccc(CCNC(=O)N(C)Cc2ccc(C#N)cc2)c1. The van der Waals surface area contributed by atoms with Gasteiger partial charge in [-0.1, -0.05) is 42.0 Å². The fourth-order valence-electron chi connectivity index (χ4n) is 2.35. The fourth-order valence-corrected chi connectivity index (χ4v) is 2.35. The zero-order valence-electron chi connectivity index (χ0n) is 13.5. The van der Waals surface area contributed by atoms with E-state index in [9.17, 15) is 4.79 Å². The Bertz CT molecular complexity index is 701. The zero-order valence-corrected chi connectivity index (χ0v) is 13.5. The van der Waals surface area contributed by atoms with Gasteiger partial charge in [0, 0.05) is 20.1 Å². The normalized spacial score (nSPS) is 9.96. The molecule has 2 amide bonds. The molecule has 2 aromatic rings. The van der Waals surface area contributed by atoms with Gasteiger partial charge in [-0.3, -0.25) is 0 Å². The van der Waals surface area contributed by atoms with Gasteiger partial charge in [-0.2, -0.15) is 5.26 Å². The van der Waals surface area contributed by atoms with Gasteiger partial charge in [0.1, 0.15) is 0 Å². The second-order valence-corrected chi connectivity index (χ2v) is 5.64. The first kappa shape index (κ1) is 16.6. The van der Waals surface area contributed by atoms with Crippen LogP contribution in [0.5, 0.6) is 0 Å². The number of carbonyl (C=O) groups excluding carboxylic acids is 1. The molecule has 0 radical (unpaired) electrons. The topological polar surface area (TPSA) is 56.1 Å². The first-order chi connectivity index (χ1) is 11.1. The van der Waals surface area contributed by atoms with Crippen LogP contribution in [0.15, 0.2) is 48.5 Å². The number of carbonyl (C=O) groups is 1. The third-order valence-corrected chi connectivity index (χ3v) is 3.62. The maximum Gasteiger partial charge on any atom is 0.317 e. The van der Waals surface area contributed by atoms with Crippen molar-refractivity contribution in [2.75, 3.05) is 13.6 Å². The lowest BCUT2D eigenvalue weighted by Crippen LogP contribution is -2.37. The van der Waals surface area contributed by atoms with Crippen molar-refractivity contribution in [3.63, 3.8) is 0 Å². The summed E-state index contributed by atoms with van der Waals surface area (Å²) in [5.74, 6) is 0. The fraction of sp³-hybridized carbons (Fsp3) is 0.263. The molecule has 0 saturated carbocycles. The molecule has 0 fully saturated rings. The van der Waals surface area contributed by atoms with Crippen molar-refractivity contribution in [2.24, 2.45) is 0 Å². The van der Waals surface area contributed by atoms with Crippen molar-refractivity contribution in [1.82, 2.24) is 10.2 Å². The number of benzene rings is 2. The third kappa shape index (κ3) is 5.15. The minimum Gasteiger partial charge on any atom is -0.338 e. The van der Waals surface area contributed by atoms with Crippen molar-refractivity contribution in [2.45, 2.75) is 19.9 Å². The highest BCUT2D eigenvalue weighted by Gasteiger charge is 2.08. The quantitative estimate of drug-likeness (QED) is 0.922. The molecule has 0 aliphatic carbocycles. The molecule has 0 heterocycles. The lowest BCUT2D eigenvalue weighted by molar-refractivity contribution is 0.207.